The van der Waals surface area contributed by atoms with E-state index in [4.69, 9.17) is 0 Å². The van der Waals surface area contributed by atoms with Gasteiger partial charge < -0.3 is 5.53 Å². The molecule has 2 aromatic rings. The van der Waals surface area contributed by atoms with Crippen molar-refractivity contribution in [3.63, 3.8) is 0 Å². The standard InChI is InChI=1S/C41H58N2.2C6H13.Ni/c1-4-7-10-12-13-14-15-16-17-18-19-20-22-28-36-29-23-24-32-39(36)41-38(30-21-11-8-5-2)34-40(43(41)42)37-31-25-27-35(33-37)26-9-6-3;2*1-3-5-6-4-2;/h23-25,27,29,31-34H,4-18,21-22,26,28,30H2,1-3H3;2*1,3-6H2,2H3;. The van der Waals surface area contributed by atoms with Crippen molar-refractivity contribution in [2.24, 2.45) is 0 Å². The molecular weight excluding hydrogens is 723 g/mol. The Kier molecular flexibility index (Phi) is 30.7. The molecule has 0 fully saturated rings. The van der Waals surface area contributed by atoms with Gasteiger partial charge in [-0.25, -0.2) is 4.70 Å². The van der Waals surface area contributed by atoms with Crippen molar-refractivity contribution in [2.45, 2.75) is 225 Å². The number of hydrogen-bond acceptors (Lipinski definition) is 0. The molecular formula is C53H84N2Ni. The molecule has 0 aliphatic carbocycles. The van der Waals surface area contributed by atoms with Gasteiger partial charge in [-0.3, -0.25) is 0 Å². The van der Waals surface area contributed by atoms with Gasteiger partial charge in [-0.1, -0.05) is 128 Å². The van der Waals surface area contributed by atoms with Crippen LogP contribution < -0.4 is 0 Å². The summed E-state index contributed by atoms with van der Waals surface area (Å²) in [5.41, 5.74) is 19.6. The van der Waals surface area contributed by atoms with Crippen molar-refractivity contribution in [1.82, 2.24) is 0 Å². The van der Waals surface area contributed by atoms with E-state index < -0.39 is 0 Å². The van der Waals surface area contributed by atoms with Crippen LogP contribution in [0.1, 0.15) is 224 Å². The van der Waals surface area contributed by atoms with Gasteiger partial charge in [0.25, 0.3) is 0 Å². The molecule has 2 nitrogen and oxygen atoms in total. The van der Waals surface area contributed by atoms with Crippen LogP contribution in [0.5, 0.6) is 0 Å². The Bertz CT molecular complexity index is 1410. The summed E-state index contributed by atoms with van der Waals surface area (Å²) in [5, 5.41) is 2.83. The van der Waals surface area contributed by atoms with Crippen LogP contribution in [0.15, 0.2) is 60.2 Å². The zero-order valence-corrected chi connectivity index (χ0v) is 38.1. The van der Waals surface area contributed by atoms with Crippen molar-refractivity contribution >= 4 is 11.4 Å². The SMILES string of the molecule is CCCCCCCCCCCC#CCCc1ccccc1C1=C(CCCCCC)C=C(c2cccc(CCCC)c2)[N+]1=[N-].CCCCC[CH2][Ni][CH2]CCCCC. The second-order valence-electron chi connectivity index (χ2n) is 16.0. The van der Waals surface area contributed by atoms with Crippen molar-refractivity contribution in [3.05, 3.63) is 88.0 Å². The molecule has 56 heavy (non-hydrogen) atoms. The molecule has 3 heteroatoms. The van der Waals surface area contributed by atoms with E-state index in [1.807, 2.05) is 14.4 Å². The molecule has 316 valence electrons. The van der Waals surface area contributed by atoms with Gasteiger partial charge in [0.05, 0.1) is 0 Å². The first kappa shape index (κ1) is 49.7. The quantitative estimate of drug-likeness (QED) is 0.0314. The van der Waals surface area contributed by atoms with Crippen LogP contribution in [0.25, 0.3) is 16.9 Å². The monoisotopic (exact) mass is 807 g/mol. The number of allylic oxidation sites excluding steroid dienone is 2. The third-order valence-electron chi connectivity index (χ3n) is 10.9. The predicted octanol–water partition coefficient (Wildman–Crippen LogP) is 17.7. The van der Waals surface area contributed by atoms with E-state index in [2.05, 4.69) is 101 Å². The summed E-state index contributed by atoms with van der Waals surface area (Å²) in [6, 6.07) is 17.4. The molecule has 1 heterocycles. The van der Waals surface area contributed by atoms with Crippen LogP contribution >= 0.6 is 0 Å². The third kappa shape index (κ3) is 21.9. The Morgan fingerprint density at radius 3 is 1.71 bits per heavy atom. The second kappa shape index (κ2) is 34.6. The van der Waals surface area contributed by atoms with Crippen LogP contribution in [0.2, 0.25) is 10.8 Å². The first-order chi connectivity index (χ1) is 27.6. The van der Waals surface area contributed by atoms with Crippen molar-refractivity contribution in [1.29, 1.82) is 0 Å². The normalized spacial score (nSPS) is 12.4. The third-order valence-corrected chi connectivity index (χ3v) is 12.3. The van der Waals surface area contributed by atoms with E-state index in [0.717, 1.165) is 61.0 Å². The van der Waals surface area contributed by atoms with Crippen LogP contribution in [0, 0.1) is 11.8 Å². The number of nitrogens with zero attached hydrogens (tertiary/aromatic N) is 2. The van der Waals surface area contributed by atoms with Gasteiger partial charge in [0, 0.05) is 35.6 Å². The molecule has 0 unspecified atom stereocenters. The summed E-state index contributed by atoms with van der Waals surface area (Å²) in [6.45, 7) is 11.3. The minimum atomic E-state index is 0.860. The van der Waals surface area contributed by atoms with Crippen molar-refractivity contribution < 1.29 is 19.1 Å². The van der Waals surface area contributed by atoms with Crippen LogP contribution in [-0.2, 0) is 27.3 Å². The van der Waals surface area contributed by atoms with Gasteiger partial charge in [-0.15, -0.1) is 11.8 Å². The summed E-state index contributed by atoms with van der Waals surface area (Å²) >= 11 is 1.99. The summed E-state index contributed by atoms with van der Waals surface area (Å²) in [7, 11) is 0. The van der Waals surface area contributed by atoms with Gasteiger partial charge >= 0.3 is 90.4 Å². The number of hydrogen-bond donors (Lipinski definition) is 0. The Hall–Kier alpha value is -2.43. The van der Waals surface area contributed by atoms with Crippen LogP contribution in [0.4, 0.5) is 0 Å². The number of unbranched alkanes of at least 4 members (excludes halogenated alkanes) is 19. The molecule has 0 aromatic heterocycles. The first-order valence-electron chi connectivity index (χ1n) is 23.6. The van der Waals surface area contributed by atoms with Crippen molar-refractivity contribution in [3.8, 4) is 11.8 Å². The predicted molar refractivity (Wildman–Crippen MR) is 245 cm³/mol. The van der Waals surface area contributed by atoms with Crippen LogP contribution in [0.3, 0.4) is 0 Å². The van der Waals surface area contributed by atoms with E-state index in [1.165, 1.54) is 173 Å². The Labute approximate surface area is 353 Å². The van der Waals surface area contributed by atoms with E-state index >= 15 is 0 Å². The molecule has 0 N–H and O–H groups in total. The molecule has 0 saturated carbocycles. The molecule has 2 aromatic carbocycles. The van der Waals surface area contributed by atoms with Gasteiger partial charge in [-0.2, -0.15) is 0 Å². The maximum absolute atomic E-state index is 11.7. The average molecular weight is 808 g/mol. The summed E-state index contributed by atoms with van der Waals surface area (Å²) in [4.78, 5) is 0. The minimum absolute atomic E-state index is 0.860. The Balaban J connectivity index is 0.000000711. The Morgan fingerprint density at radius 1 is 0.518 bits per heavy atom. The van der Waals surface area contributed by atoms with Gasteiger partial charge in [0.15, 0.2) is 0 Å². The molecule has 3 rings (SSSR count). The number of benzene rings is 2. The molecule has 0 saturated heterocycles. The second-order valence-corrected chi connectivity index (χ2v) is 17.5. The van der Waals surface area contributed by atoms with Gasteiger partial charge in [0.1, 0.15) is 0 Å². The fraction of sp³-hybridized carbons (Fsp3) is 0.660. The average Bonchev–Trinajstić information content (AvgIpc) is 3.55. The van der Waals surface area contributed by atoms with E-state index in [9.17, 15) is 5.53 Å². The molecule has 0 amide bonds. The van der Waals surface area contributed by atoms with E-state index in [1.54, 1.807) is 0 Å². The zero-order chi connectivity index (χ0) is 40.3. The molecule has 0 bridgehead atoms. The fourth-order valence-electron chi connectivity index (χ4n) is 7.36. The molecule has 1 aliphatic rings. The summed E-state index contributed by atoms with van der Waals surface area (Å²) in [5.74, 6) is 6.89. The van der Waals surface area contributed by atoms with Gasteiger partial charge in [0.2, 0.25) is 11.4 Å². The maximum atomic E-state index is 11.7. The summed E-state index contributed by atoms with van der Waals surface area (Å²) in [6.07, 6.45) is 37.9. The summed E-state index contributed by atoms with van der Waals surface area (Å²) < 4.78 is 1.47. The van der Waals surface area contributed by atoms with E-state index in [0.29, 0.717) is 0 Å². The molecule has 0 atom stereocenters. The first-order valence-corrected chi connectivity index (χ1v) is 25.0. The topological polar surface area (TPSA) is 25.3 Å². The number of rotatable bonds is 31. The fourth-order valence-corrected chi connectivity index (χ4v) is 8.59. The molecule has 0 spiro atoms. The van der Waals surface area contributed by atoms with E-state index in [-0.39, 0.29) is 0 Å². The van der Waals surface area contributed by atoms with Crippen molar-refractivity contribution in [2.75, 3.05) is 0 Å². The van der Waals surface area contributed by atoms with Crippen LogP contribution in [-0.4, -0.2) is 4.70 Å². The van der Waals surface area contributed by atoms with Gasteiger partial charge in [-0.05, 0) is 67.9 Å². The Morgan fingerprint density at radius 2 is 1.07 bits per heavy atom. The number of aryl methyl sites for hydroxylation is 2. The molecule has 0 radical (unpaired) electrons. The zero-order valence-electron chi connectivity index (χ0n) is 37.1. The molecule has 1 aliphatic heterocycles.